The van der Waals surface area contributed by atoms with E-state index in [1.807, 2.05) is 29.3 Å². The lowest BCUT2D eigenvalue weighted by Gasteiger charge is -2.36. The smallest absolute Gasteiger partial charge is 0.269 e. The van der Waals surface area contributed by atoms with Crippen molar-refractivity contribution in [3.8, 4) is 5.75 Å². The van der Waals surface area contributed by atoms with E-state index < -0.39 is 4.92 Å². The number of nitrogens with one attached hydrogen (secondary N) is 1. The number of nitrogens with two attached hydrogens (primary N) is 1. The maximum absolute atomic E-state index is 12.6. The van der Waals surface area contributed by atoms with Crippen LogP contribution in [-0.2, 0) is 11.2 Å². The number of nitrogens with zero attached hydrogens (tertiary/aromatic N) is 3. The summed E-state index contributed by atoms with van der Waals surface area (Å²) in [5.41, 5.74) is 9.00. The minimum absolute atomic E-state index is 0. The molecule has 3 aromatic rings. The molecule has 0 bridgehead atoms. The van der Waals surface area contributed by atoms with Crippen LogP contribution in [-0.4, -0.2) is 60.0 Å². The van der Waals surface area contributed by atoms with Crippen LogP contribution in [0.3, 0.4) is 0 Å². The normalized spacial score (nSPS) is 13.5. The Kier molecular flexibility index (Phi) is 9.33. The summed E-state index contributed by atoms with van der Waals surface area (Å²) in [5.74, 6) is 1.00. The first-order chi connectivity index (χ1) is 16.5. The third kappa shape index (κ3) is 6.64. The molecule has 10 heteroatoms. The first-order valence-electron chi connectivity index (χ1n) is 11.7. The Labute approximate surface area is 210 Å². The van der Waals surface area contributed by atoms with Gasteiger partial charge in [-0.15, -0.1) is 12.4 Å². The molecule has 1 saturated heterocycles. The van der Waals surface area contributed by atoms with Gasteiger partial charge in [0, 0.05) is 67.5 Å². The second-order valence-electron chi connectivity index (χ2n) is 8.51. The van der Waals surface area contributed by atoms with Crippen molar-refractivity contribution in [1.29, 1.82) is 0 Å². The highest BCUT2D eigenvalue weighted by Crippen LogP contribution is 2.24. The Morgan fingerprint density at radius 1 is 1.09 bits per heavy atom. The molecule has 188 valence electrons. The molecule has 0 saturated carbocycles. The molecule has 0 atom stereocenters. The lowest BCUT2D eigenvalue weighted by molar-refractivity contribution is -0.384. The third-order valence-corrected chi connectivity index (χ3v) is 6.26. The highest BCUT2D eigenvalue weighted by atomic mass is 35.5. The molecular formula is C25H32ClN5O4. The average molecular weight is 502 g/mol. The molecule has 0 unspecified atom stereocenters. The van der Waals surface area contributed by atoms with Crippen molar-refractivity contribution in [2.45, 2.75) is 25.7 Å². The molecule has 1 fully saturated rings. The molecular weight excluding hydrogens is 470 g/mol. The van der Waals surface area contributed by atoms with E-state index in [1.165, 1.54) is 17.7 Å². The predicted octanol–water partition coefficient (Wildman–Crippen LogP) is 3.90. The number of fused-ring (bicyclic) bond motifs is 1. The van der Waals surface area contributed by atoms with Gasteiger partial charge < -0.3 is 25.3 Å². The van der Waals surface area contributed by atoms with Gasteiger partial charge in [-0.2, -0.15) is 0 Å². The zero-order chi connectivity index (χ0) is 23.9. The number of unbranched alkanes of at least 4 members (excludes halogenated alkanes) is 1. The zero-order valence-corrected chi connectivity index (χ0v) is 20.5. The number of carbonyl (C=O) groups is 1. The molecule has 0 radical (unpaired) electrons. The molecule has 2 aromatic carbocycles. The second-order valence-corrected chi connectivity index (χ2v) is 8.51. The summed E-state index contributed by atoms with van der Waals surface area (Å²) in [6, 6.07) is 12.6. The number of nitro benzene ring substituents is 1. The number of halogens is 1. The fourth-order valence-electron chi connectivity index (χ4n) is 4.34. The van der Waals surface area contributed by atoms with E-state index in [0.717, 1.165) is 54.7 Å². The van der Waals surface area contributed by atoms with Crippen molar-refractivity contribution in [3.63, 3.8) is 0 Å². The SMILES string of the molecule is Cl.NCCc1c[nH]c2ccc(OCCCCC(=O)N3CCN(c4ccc([N+](=O)[O-])cc4)CC3)cc12. The summed E-state index contributed by atoms with van der Waals surface area (Å²) in [6.45, 7) is 3.95. The molecule has 2 heterocycles. The van der Waals surface area contributed by atoms with E-state index >= 15 is 0 Å². The van der Waals surface area contributed by atoms with E-state index in [9.17, 15) is 14.9 Å². The van der Waals surface area contributed by atoms with Gasteiger partial charge in [-0.1, -0.05) is 0 Å². The van der Waals surface area contributed by atoms with Crippen LogP contribution in [0.1, 0.15) is 24.8 Å². The maximum atomic E-state index is 12.6. The van der Waals surface area contributed by atoms with Crippen molar-refractivity contribution in [2.75, 3.05) is 44.2 Å². The number of hydrogen-bond acceptors (Lipinski definition) is 6. The van der Waals surface area contributed by atoms with Crippen molar-refractivity contribution in [3.05, 3.63) is 64.3 Å². The number of aromatic amines is 1. The fourth-order valence-corrected chi connectivity index (χ4v) is 4.34. The van der Waals surface area contributed by atoms with Crippen LogP contribution in [0, 0.1) is 10.1 Å². The molecule has 0 spiro atoms. The van der Waals surface area contributed by atoms with Crippen LogP contribution in [0.25, 0.3) is 10.9 Å². The maximum Gasteiger partial charge on any atom is 0.269 e. The van der Waals surface area contributed by atoms with Crippen molar-refractivity contribution in [1.82, 2.24) is 9.88 Å². The monoisotopic (exact) mass is 501 g/mol. The Morgan fingerprint density at radius 2 is 1.83 bits per heavy atom. The first kappa shape index (κ1) is 26.3. The number of hydrogen-bond donors (Lipinski definition) is 2. The van der Waals surface area contributed by atoms with Crippen molar-refractivity contribution in [2.24, 2.45) is 5.73 Å². The van der Waals surface area contributed by atoms with Crippen LogP contribution in [0.15, 0.2) is 48.7 Å². The van der Waals surface area contributed by atoms with E-state index in [1.54, 1.807) is 12.1 Å². The molecule has 4 rings (SSSR count). The van der Waals surface area contributed by atoms with Crippen LogP contribution >= 0.6 is 12.4 Å². The van der Waals surface area contributed by atoms with Gasteiger partial charge in [0.25, 0.3) is 5.69 Å². The molecule has 9 nitrogen and oxygen atoms in total. The topological polar surface area (TPSA) is 118 Å². The number of non-ortho nitro benzene ring substituents is 1. The molecule has 1 aliphatic heterocycles. The minimum atomic E-state index is -0.398. The Hall–Kier alpha value is -3.30. The minimum Gasteiger partial charge on any atom is -0.494 e. The predicted molar refractivity (Wildman–Crippen MR) is 140 cm³/mol. The molecule has 1 amide bonds. The van der Waals surface area contributed by atoms with Gasteiger partial charge in [-0.3, -0.25) is 14.9 Å². The summed E-state index contributed by atoms with van der Waals surface area (Å²) in [4.78, 5) is 30.3. The summed E-state index contributed by atoms with van der Waals surface area (Å²) in [5, 5.41) is 12.0. The lowest BCUT2D eigenvalue weighted by Crippen LogP contribution is -2.48. The van der Waals surface area contributed by atoms with Gasteiger partial charge in [-0.25, -0.2) is 0 Å². The number of amides is 1. The molecule has 1 aliphatic rings. The van der Waals surface area contributed by atoms with Crippen LogP contribution < -0.4 is 15.4 Å². The lowest BCUT2D eigenvalue weighted by atomic mass is 10.1. The van der Waals surface area contributed by atoms with Gasteiger partial charge in [0.15, 0.2) is 0 Å². The van der Waals surface area contributed by atoms with Gasteiger partial charge >= 0.3 is 0 Å². The Morgan fingerprint density at radius 3 is 2.51 bits per heavy atom. The average Bonchev–Trinajstić information content (AvgIpc) is 3.26. The summed E-state index contributed by atoms with van der Waals surface area (Å²) < 4.78 is 5.91. The van der Waals surface area contributed by atoms with E-state index in [0.29, 0.717) is 32.7 Å². The van der Waals surface area contributed by atoms with E-state index in [-0.39, 0.29) is 24.0 Å². The highest BCUT2D eigenvalue weighted by Gasteiger charge is 2.21. The molecule has 3 N–H and O–H groups in total. The number of piperazine rings is 1. The Balaban J connectivity index is 0.00000342. The van der Waals surface area contributed by atoms with E-state index in [2.05, 4.69) is 9.88 Å². The highest BCUT2D eigenvalue weighted by molar-refractivity contribution is 5.85. The van der Waals surface area contributed by atoms with Crippen LogP contribution in [0.5, 0.6) is 5.75 Å². The number of anilines is 1. The number of rotatable bonds is 10. The van der Waals surface area contributed by atoms with Gasteiger partial charge in [0.1, 0.15) is 5.75 Å². The van der Waals surface area contributed by atoms with Crippen LogP contribution in [0.2, 0.25) is 0 Å². The van der Waals surface area contributed by atoms with Gasteiger partial charge in [-0.05, 0) is 61.7 Å². The van der Waals surface area contributed by atoms with Gasteiger partial charge in [0.2, 0.25) is 5.91 Å². The molecule has 1 aromatic heterocycles. The largest absolute Gasteiger partial charge is 0.494 e. The van der Waals surface area contributed by atoms with Gasteiger partial charge in [0.05, 0.1) is 11.5 Å². The molecule has 0 aliphatic carbocycles. The number of carbonyl (C=O) groups excluding carboxylic acids is 1. The summed E-state index contributed by atoms with van der Waals surface area (Å²) >= 11 is 0. The third-order valence-electron chi connectivity index (χ3n) is 6.26. The number of ether oxygens (including phenoxy) is 1. The standard InChI is InChI=1S/C25H31N5O4.ClH/c26-11-10-19-18-27-24-9-8-22(17-23(19)24)34-16-2-1-3-25(31)29-14-12-28(13-15-29)20-4-6-21(7-5-20)30(32)33;/h4-9,17-18,27H,1-3,10-16,26H2;1H. The number of H-pyrrole nitrogens is 1. The summed E-state index contributed by atoms with van der Waals surface area (Å²) in [7, 11) is 0. The quantitative estimate of drug-likeness (QED) is 0.247. The fraction of sp³-hybridized carbons (Fsp3) is 0.400. The Bertz CT molecular complexity index is 1130. The first-order valence-corrected chi connectivity index (χ1v) is 11.7. The van der Waals surface area contributed by atoms with Crippen LogP contribution in [0.4, 0.5) is 11.4 Å². The second kappa shape index (κ2) is 12.4. The summed E-state index contributed by atoms with van der Waals surface area (Å²) in [6.07, 6.45) is 4.94. The zero-order valence-electron chi connectivity index (χ0n) is 19.7. The number of benzene rings is 2. The number of aromatic nitrogens is 1. The van der Waals surface area contributed by atoms with E-state index in [4.69, 9.17) is 10.5 Å². The van der Waals surface area contributed by atoms with Crippen molar-refractivity contribution >= 4 is 40.6 Å². The van der Waals surface area contributed by atoms with Crippen molar-refractivity contribution < 1.29 is 14.5 Å². The molecule has 35 heavy (non-hydrogen) atoms. The number of nitro groups is 1.